The first-order valence-electron chi connectivity index (χ1n) is 1.48. The molecule has 0 aliphatic heterocycles. The number of hydrogen-bond acceptors (Lipinski definition) is 4. The van der Waals surface area contributed by atoms with Crippen molar-refractivity contribution in [3.63, 3.8) is 0 Å². The van der Waals surface area contributed by atoms with E-state index in [9.17, 15) is 0 Å². The third-order valence-electron chi connectivity index (χ3n) is 0. The van der Waals surface area contributed by atoms with Crippen LogP contribution < -0.4 is 0 Å². The van der Waals surface area contributed by atoms with Gasteiger partial charge in [0, 0.05) is 0 Å². The maximum atomic E-state index is 9.00. The Hall–Kier alpha value is 0.763. The zero-order chi connectivity index (χ0) is 7.15. The topological polar surface area (TPSA) is 143 Å². The van der Waals surface area contributed by atoms with Gasteiger partial charge in [-0.2, -0.15) is 0 Å². The Kier molecular flexibility index (Phi) is 60.7. The number of hydrogen-bond donors (Lipinski definition) is 0. The van der Waals surface area contributed by atoms with E-state index in [1.807, 2.05) is 0 Å². The standard InChI is InChI=1S/2CH4O2S.2H2O.Zn/c2*1-4(2)3;;;/h2*1H3,(H,2,3);2*1H2;/q;;;;+2/p-2. The van der Waals surface area contributed by atoms with Crippen molar-refractivity contribution < 1.29 is 48.0 Å². The van der Waals surface area contributed by atoms with Gasteiger partial charge in [0.2, 0.25) is 0 Å². The van der Waals surface area contributed by atoms with E-state index in [1.165, 1.54) is 0 Å². The normalized spacial score (nSPS) is 11.3. The van der Waals surface area contributed by atoms with Crippen LogP contribution in [0.4, 0.5) is 0 Å². The molecule has 0 fully saturated rings. The van der Waals surface area contributed by atoms with E-state index >= 15 is 0 Å². The van der Waals surface area contributed by atoms with Crippen LogP contribution in [0.3, 0.4) is 0 Å². The van der Waals surface area contributed by atoms with Gasteiger partial charge in [-0.05, 0) is 12.5 Å². The van der Waals surface area contributed by atoms with Crippen molar-refractivity contribution in [2.24, 2.45) is 0 Å². The van der Waals surface area contributed by atoms with Crippen LogP contribution in [-0.2, 0) is 41.6 Å². The fourth-order valence-corrected chi connectivity index (χ4v) is 0. The molecule has 0 heterocycles. The second-order valence-corrected chi connectivity index (χ2v) is 2.41. The molecule has 2 unspecified atom stereocenters. The minimum atomic E-state index is -1.86. The molecule has 0 amide bonds. The van der Waals surface area contributed by atoms with Gasteiger partial charge >= 0.3 is 19.5 Å². The van der Waals surface area contributed by atoms with Crippen molar-refractivity contribution >= 4 is 22.2 Å². The molecule has 4 N–H and O–H groups in total. The van der Waals surface area contributed by atoms with Crippen molar-refractivity contribution in [2.45, 2.75) is 0 Å². The Labute approximate surface area is 82.7 Å². The molecule has 2 atom stereocenters. The molecule has 0 saturated heterocycles. The summed E-state index contributed by atoms with van der Waals surface area (Å²) < 4.78 is 36.0. The summed E-state index contributed by atoms with van der Waals surface area (Å²) in [5, 5.41) is 0. The van der Waals surface area contributed by atoms with Crippen molar-refractivity contribution in [3.05, 3.63) is 0 Å². The summed E-state index contributed by atoms with van der Waals surface area (Å²) in [5.74, 6) is 0. The second-order valence-electron chi connectivity index (χ2n) is 0.803. The molecular formula is C2H10O6S2Zn. The van der Waals surface area contributed by atoms with E-state index in [4.69, 9.17) is 17.5 Å². The van der Waals surface area contributed by atoms with Gasteiger partial charge in [0.05, 0.1) is 0 Å². The van der Waals surface area contributed by atoms with Crippen LogP contribution in [0.25, 0.3) is 0 Å². The molecule has 11 heavy (non-hydrogen) atoms. The molecule has 0 bridgehead atoms. The van der Waals surface area contributed by atoms with E-state index in [1.54, 1.807) is 0 Å². The fourth-order valence-electron chi connectivity index (χ4n) is 0. The first-order valence-corrected chi connectivity index (χ1v) is 4.45. The van der Waals surface area contributed by atoms with Gasteiger partial charge in [-0.1, -0.05) is 22.2 Å². The molecule has 0 saturated carbocycles. The van der Waals surface area contributed by atoms with E-state index in [0.29, 0.717) is 0 Å². The molecule has 0 rings (SSSR count). The quantitative estimate of drug-likeness (QED) is 0.345. The molecular weight excluding hydrogens is 250 g/mol. The molecule has 0 aromatic carbocycles. The molecule has 0 aliphatic carbocycles. The molecule has 68 valence electrons. The van der Waals surface area contributed by atoms with Crippen LogP contribution in [0.5, 0.6) is 0 Å². The zero-order valence-corrected chi connectivity index (χ0v) is 10.8. The third kappa shape index (κ3) is 1420. The molecule has 0 spiro atoms. The summed E-state index contributed by atoms with van der Waals surface area (Å²) >= 11 is -3.72. The Morgan fingerprint density at radius 1 is 0.909 bits per heavy atom. The summed E-state index contributed by atoms with van der Waals surface area (Å²) in [5.41, 5.74) is 0. The molecule has 9 heteroatoms. The largest absolute Gasteiger partial charge is 2.00 e. The smallest absolute Gasteiger partial charge is 0.773 e. The van der Waals surface area contributed by atoms with Gasteiger partial charge in [-0.25, -0.2) is 0 Å². The first-order chi connectivity index (χ1) is 3.46. The van der Waals surface area contributed by atoms with Gasteiger partial charge in [-0.3, -0.25) is 8.42 Å². The first kappa shape index (κ1) is 29.8. The Morgan fingerprint density at radius 2 is 0.909 bits per heavy atom. The van der Waals surface area contributed by atoms with Gasteiger partial charge in [0.15, 0.2) is 0 Å². The maximum absolute atomic E-state index is 9.00. The summed E-state index contributed by atoms with van der Waals surface area (Å²) in [7, 11) is 0. The van der Waals surface area contributed by atoms with Crippen LogP contribution >= 0.6 is 0 Å². The Bertz CT molecular complexity index is 76.6. The average molecular weight is 260 g/mol. The molecule has 0 radical (unpaired) electrons. The van der Waals surface area contributed by atoms with Gasteiger partial charge in [0.1, 0.15) is 0 Å². The van der Waals surface area contributed by atoms with E-state index < -0.39 is 22.2 Å². The zero-order valence-electron chi connectivity index (χ0n) is 6.16. The third-order valence-corrected chi connectivity index (χ3v) is 0. The number of rotatable bonds is 0. The van der Waals surface area contributed by atoms with E-state index in [-0.39, 0.29) is 30.4 Å². The van der Waals surface area contributed by atoms with Crippen molar-refractivity contribution in [1.29, 1.82) is 0 Å². The summed E-state index contributed by atoms with van der Waals surface area (Å²) in [6.07, 6.45) is 2.17. The minimum absolute atomic E-state index is 0. The molecule has 0 aliphatic rings. The van der Waals surface area contributed by atoms with E-state index in [0.717, 1.165) is 12.5 Å². The SMILES string of the molecule is CS(=O)[O-].CS(=O)[O-].O.O.[Zn+2]. The predicted molar refractivity (Wildman–Crippen MR) is 36.9 cm³/mol. The van der Waals surface area contributed by atoms with Gasteiger partial charge in [-0.15, -0.1) is 0 Å². The Balaban J connectivity index is -0.0000000171. The fraction of sp³-hybridized carbons (Fsp3) is 1.00. The molecule has 0 aromatic rings. The van der Waals surface area contributed by atoms with Crippen LogP contribution in [0.1, 0.15) is 0 Å². The van der Waals surface area contributed by atoms with Crippen molar-refractivity contribution in [3.8, 4) is 0 Å². The second kappa shape index (κ2) is 22.4. The molecule has 6 nitrogen and oxygen atoms in total. The van der Waals surface area contributed by atoms with Crippen molar-refractivity contribution in [1.82, 2.24) is 0 Å². The van der Waals surface area contributed by atoms with Gasteiger partial charge in [0.25, 0.3) is 0 Å². The average Bonchev–Trinajstić information content (AvgIpc) is 1.25. The predicted octanol–water partition coefficient (Wildman–Crippen LogP) is -2.66. The van der Waals surface area contributed by atoms with Crippen LogP contribution in [0.15, 0.2) is 0 Å². The van der Waals surface area contributed by atoms with Crippen LogP contribution in [0.2, 0.25) is 0 Å². The van der Waals surface area contributed by atoms with Gasteiger partial charge < -0.3 is 20.1 Å². The minimum Gasteiger partial charge on any atom is -0.773 e. The summed E-state index contributed by atoms with van der Waals surface area (Å²) in [6, 6.07) is 0. The summed E-state index contributed by atoms with van der Waals surface area (Å²) in [4.78, 5) is 0. The molecule has 0 aromatic heterocycles. The van der Waals surface area contributed by atoms with Crippen LogP contribution in [-0.4, -0.2) is 41.0 Å². The maximum Gasteiger partial charge on any atom is 2.00 e. The summed E-state index contributed by atoms with van der Waals surface area (Å²) in [6.45, 7) is 0. The monoisotopic (exact) mass is 258 g/mol. The Morgan fingerprint density at radius 3 is 0.909 bits per heavy atom. The van der Waals surface area contributed by atoms with E-state index in [2.05, 4.69) is 0 Å². The van der Waals surface area contributed by atoms with Crippen molar-refractivity contribution in [2.75, 3.05) is 12.5 Å². The van der Waals surface area contributed by atoms with Crippen LogP contribution in [0, 0.1) is 0 Å².